The van der Waals surface area contributed by atoms with Crippen molar-refractivity contribution in [1.29, 1.82) is 0 Å². The Hall–Kier alpha value is -2.67. The minimum Gasteiger partial charge on any atom is -0.368 e. The lowest BCUT2D eigenvalue weighted by atomic mass is 10.1. The van der Waals surface area contributed by atoms with Crippen molar-refractivity contribution in [3.05, 3.63) is 69.5 Å². The van der Waals surface area contributed by atoms with Gasteiger partial charge in [-0.3, -0.25) is 4.79 Å². The molecule has 0 saturated carbocycles. The lowest BCUT2D eigenvalue weighted by molar-refractivity contribution is 0.0740. The molecule has 0 spiro atoms. The number of rotatable bonds is 3. The van der Waals surface area contributed by atoms with Crippen LogP contribution in [0.5, 0.6) is 0 Å². The molecule has 7 heteroatoms. The van der Waals surface area contributed by atoms with Crippen LogP contribution in [0.1, 0.15) is 27.3 Å². The summed E-state index contributed by atoms with van der Waals surface area (Å²) in [5.41, 5.74) is 5.70. The van der Waals surface area contributed by atoms with Gasteiger partial charge in [-0.2, -0.15) is 0 Å². The Kier molecular flexibility index (Phi) is 5.41. The largest absolute Gasteiger partial charge is 0.368 e. The molecule has 0 N–H and O–H groups in total. The van der Waals surface area contributed by atoms with Crippen LogP contribution in [0.3, 0.4) is 0 Å². The molecule has 150 valence electrons. The summed E-state index contributed by atoms with van der Waals surface area (Å²) in [5, 5.41) is 8.45. The lowest BCUT2D eigenvalue weighted by Crippen LogP contribution is -2.49. The fourth-order valence-corrected chi connectivity index (χ4v) is 4.00. The number of hydrogen-bond acceptors (Lipinski definition) is 4. The number of hydrogen-bond donors (Lipinski definition) is 0. The molecular weight excluding hydrogens is 430 g/mol. The van der Waals surface area contributed by atoms with Crippen molar-refractivity contribution in [2.45, 2.75) is 20.8 Å². The van der Waals surface area contributed by atoms with E-state index in [0.717, 1.165) is 34.5 Å². The van der Waals surface area contributed by atoms with Crippen LogP contribution >= 0.6 is 15.9 Å². The van der Waals surface area contributed by atoms with Gasteiger partial charge in [-0.1, -0.05) is 39.3 Å². The second-order valence-corrected chi connectivity index (χ2v) is 8.29. The summed E-state index contributed by atoms with van der Waals surface area (Å²) >= 11 is 3.52. The smallest absolute Gasteiger partial charge is 0.276 e. The van der Waals surface area contributed by atoms with Crippen LogP contribution in [0.15, 0.2) is 46.9 Å². The van der Waals surface area contributed by atoms with Gasteiger partial charge in [0, 0.05) is 36.3 Å². The summed E-state index contributed by atoms with van der Waals surface area (Å²) in [5.74, 6) is -0.0491. The van der Waals surface area contributed by atoms with Crippen LogP contribution in [-0.2, 0) is 0 Å². The fraction of sp³-hybridized carbons (Fsp3) is 0.318. The van der Waals surface area contributed by atoms with Crippen LogP contribution < -0.4 is 4.90 Å². The zero-order valence-electron chi connectivity index (χ0n) is 16.9. The number of carbonyl (C=O) groups excluding carboxylic acids is 1. The van der Waals surface area contributed by atoms with Crippen molar-refractivity contribution >= 4 is 27.5 Å². The molecule has 0 radical (unpaired) electrons. The third-order valence-corrected chi connectivity index (χ3v) is 6.40. The van der Waals surface area contributed by atoms with E-state index in [0.29, 0.717) is 18.8 Å². The van der Waals surface area contributed by atoms with Gasteiger partial charge in [0.15, 0.2) is 5.69 Å². The maximum Gasteiger partial charge on any atom is 0.276 e. The van der Waals surface area contributed by atoms with E-state index in [1.807, 2.05) is 36.9 Å². The maximum absolute atomic E-state index is 13.1. The number of aryl methyl sites for hydroxylation is 2. The SMILES string of the molecule is Cc1cc(-n2nnc(C(=O)N3CCN(c4ccccc4C)CC3)c2C)ccc1Br. The van der Waals surface area contributed by atoms with Crippen LogP contribution in [-0.4, -0.2) is 52.0 Å². The zero-order valence-corrected chi connectivity index (χ0v) is 18.5. The highest BCUT2D eigenvalue weighted by molar-refractivity contribution is 9.10. The van der Waals surface area contributed by atoms with Gasteiger partial charge in [-0.25, -0.2) is 4.68 Å². The highest BCUT2D eigenvalue weighted by atomic mass is 79.9. The van der Waals surface area contributed by atoms with E-state index in [2.05, 4.69) is 62.3 Å². The number of amides is 1. The predicted molar refractivity (Wildman–Crippen MR) is 118 cm³/mol. The number of aromatic nitrogens is 3. The zero-order chi connectivity index (χ0) is 20.5. The van der Waals surface area contributed by atoms with Crippen molar-refractivity contribution in [2.24, 2.45) is 0 Å². The minimum absolute atomic E-state index is 0.0491. The molecule has 0 bridgehead atoms. The first-order chi connectivity index (χ1) is 14.0. The quantitative estimate of drug-likeness (QED) is 0.602. The molecule has 1 fully saturated rings. The van der Waals surface area contributed by atoms with E-state index in [9.17, 15) is 4.79 Å². The third-order valence-electron chi connectivity index (χ3n) is 5.51. The first-order valence-corrected chi connectivity index (χ1v) is 10.5. The molecule has 1 saturated heterocycles. The number of carbonyl (C=O) groups is 1. The van der Waals surface area contributed by atoms with E-state index in [1.54, 1.807) is 4.68 Å². The summed E-state index contributed by atoms with van der Waals surface area (Å²) in [4.78, 5) is 17.3. The first kappa shape index (κ1) is 19.6. The standard InChI is InChI=1S/C22H24BrN5O/c1-15-6-4-5-7-20(15)26-10-12-27(13-11-26)22(29)21-17(3)28(25-24-21)18-8-9-19(23)16(2)14-18/h4-9,14H,10-13H2,1-3H3. The molecule has 1 aliphatic heterocycles. The van der Waals surface area contributed by atoms with Crippen LogP contribution in [0.4, 0.5) is 5.69 Å². The monoisotopic (exact) mass is 453 g/mol. The molecule has 0 atom stereocenters. The summed E-state index contributed by atoms with van der Waals surface area (Å²) in [6.07, 6.45) is 0. The summed E-state index contributed by atoms with van der Waals surface area (Å²) in [6.45, 7) is 9.03. The molecule has 2 aromatic carbocycles. The van der Waals surface area contributed by atoms with Crippen molar-refractivity contribution < 1.29 is 4.79 Å². The molecule has 0 aliphatic carbocycles. The van der Waals surface area contributed by atoms with E-state index >= 15 is 0 Å². The van der Waals surface area contributed by atoms with Gasteiger partial charge in [0.1, 0.15) is 0 Å². The van der Waals surface area contributed by atoms with Gasteiger partial charge < -0.3 is 9.80 Å². The highest BCUT2D eigenvalue weighted by Gasteiger charge is 2.27. The molecule has 1 amide bonds. The average molecular weight is 454 g/mol. The number of piperazine rings is 1. The van der Waals surface area contributed by atoms with Crippen molar-refractivity contribution in [3.63, 3.8) is 0 Å². The Morgan fingerprint density at radius 1 is 0.966 bits per heavy atom. The third kappa shape index (κ3) is 3.79. The Balaban J connectivity index is 1.49. The predicted octanol–water partition coefficient (Wildman–Crippen LogP) is 3.92. The first-order valence-electron chi connectivity index (χ1n) is 9.74. The van der Waals surface area contributed by atoms with Gasteiger partial charge in [-0.15, -0.1) is 5.10 Å². The Labute approximate surface area is 179 Å². The number of benzene rings is 2. The molecule has 0 unspecified atom stereocenters. The summed E-state index contributed by atoms with van der Waals surface area (Å²) < 4.78 is 2.78. The number of anilines is 1. The number of halogens is 1. The molecular formula is C22H24BrN5O. The van der Waals surface area contributed by atoms with Gasteiger partial charge >= 0.3 is 0 Å². The fourth-order valence-electron chi connectivity index (χ4n) is 3.75. The molecule has 2 heterocycles. The van der Waals surface area contributed by atoms with Crippen LogP contribution in [0.2, 0.25) is 0 Å². The normalized spacial score (nSPS) is 14.3. The maximum atomic E-state index is 13.1. The molecule has 4 rings (SSSR count). The lowest BCUT2D eigenvalue weighted by Gasteiger charge is -2.36. The highest BCUT2D eigenvalue weighted by Crippen LogP contribution is 2.23. The summed E-state index contributed by atoms with van der Waals surface area (Å²) in [6, 6.07) is 14.4. The second-order valence-electron chi connectivity index (χ2n) is 7.43. The van der Waals surface area contributed by atoms with Gasteiger partial charge in [-0.05, 0) is 56.2 Å². The topological polar surface area (TPSA) is 54.3 Å². The van der Waals surface area contributed by atoms with Gasteiger partial charge in [0.05, 0.1) is 11.4 Å². The average Bonchev–Trinajstić information content (AvgIpc) is 3.11. The Bertz CT molecular complexity index is 1050. The molecule has 1 aromatic heterocycles. The second kappa shape index (κ2) is 7.99. The van der Waals surface area contributed by atoms with Crippen molar-refractivity contribution in [3.8, 4) is 5.69 Å². The Morgan fingerprint density at radius 3 is 2.38 bits per heavy atom. The molecule has 29 heavy (non-hydrogen) atoms. The summed E-state index contributed by atoms with van der Waals surface area (Å²) in [7, 11) is 0. The number of para-hydroxylation sites is 1. The van der Waals surface area contributed by atoms with Gasteiger partial charge in [0.25, 0.3) is 5.91 Å². The van der Waals surface area contributed by atoms with Crippen molar-refractivity contribution in [1.82, 2.24) is 19.9 Å². The number of nitrogens with zero attached hydrogens (tertiary/aromatic N) is 5. The molecule has 3 aromatic rings. The van der Waals surface area contributed by atoms with E-state index in [-0.39, 0.29) is 5.91 Å². The van der Waals surface area contributed by atoms with E-state index in [4.69, 9.17) is 0 Å². The van der Waals surface area contributed by atoms with E-state index in [1.165, 1.54) is 11.3 Å². The Morgan fingerprint density at radius 2 is 1.69 bits per heavy atom. The minimum atomic E-state index is -0.0491. The van der Waals surface area contributed by atoms with Gasteiger partial charge in [0.2, 0.25) is 0 Å². The molecule has 1 aliphatic rings. The van der Waals surface area contributed by atoms with Crippen molar-refractivity contribution in [2.75, 3.05) is 31.1 Å². The molecule has 6 nitrogen and oxygen atoms in total. The van der Waals surface area contributed by atoms with Crippen LogP contribution in [0, 0.1) is 20.8 Å². The van der Waals surface area contributed by atoms with Crippen LogP contribution in [0.25, 0.3) is 5.69 Å². The van der Waals surface area contributed by atoms with E-state index < -0.39 is 0 Å².